The normalized spacial score (nSPS) is 11.8. The van der Waals surface area contributed by atoms with E-state index in [-0.39, 0.29) is 5.60 Å². The quantitative estimate of drug-likeness (QED) is 0.723. The molecule has 0 aliphatic rings. The minimum atomic E-state index is -0.161. The molecule has 0 fully saturated rings. The fourth-order valence-electron chi connectivity index (χ4n) is 1.62. The summed E-state index contributed by atoms with van der Waals surface area (Å²) in [6, 6.07) is 10.1. The van der Waals surface area contributed by atoms with E-state index in [1.54, 1.807) is 0 Å². The van der Waals surface area contributed by atoms with Crippen molar-refractivity contribution in [3.05, 3.63) is 36.0 Å². The molecule has 0 aliphatic heterocycles. The van der Waals surface area contributed by atoms with E-state index in [9.17, 15) is 0 Å². The maximum atomic E-state index is 5.81. The summed E-state index contributed by atoms with van der Waals surface area (Å²) in [5.41, 5.74) is 1.89. The maximum absolute atomic E-state index is 5.81. The third-order valence-corrected chi connectivity index (χ3v) is 2.22. The summed E-state index contributed by atoms with van der Waals surface area (Å²) in [4.78, 5) is 4.46. The molecule has 0 atom stereocenters. The van der Waals surface area contributed by atoms with Gasteiger partial charge in [0.1, 0.15) is 11.4 Å². The summed E-state index contributed by atoms with van der Waals surface area (Å²) in [6.45, 7) is 8.14. The Bertz CT molecular complexity index is 512. The van der Waals surface area contributed by atoms with Crippen LogP contribution >= 0.6 is 0 Å². The Morgan fingerprint density at radius 1 is 1.06 bits per heavy atom. The van der Waals surface area contributed by atoms with Crippen LogP contribution in [-0.2, 0) is 0 Å². The second kappa shape index (κ2) is 3.78. The lowest BCUT2D eigenvalue weighted by molar-refractivity contribution is 0.131. The Balaban J connectivity index is 2.41. The molecule has 16 heavy (non-hydrogen) atoms. The van der Waals surface area contributed by atoms with Crippen LogP contribution in [0.25, 0.3) is 10.9 Å². The molecule has 0 bridgehead atoms. The molecule has 0 radical (unpaired) electrons. The average molecular weight is 215 g/mol. The predicted octanol–water partition coefficient (Wildman–Crippen LogP) is 3.72. The summed E-state index contributed by atoms with van der Waals surface area (Å²) in [5.74, 6) is 0.894. The predicted molar refractivity (Wildman–Crippen MR) is 66.9 cm³/mol. The van der Waals surface area contributed by atoms with Crippen molar-refractivity contribution in [2.24, 2.45) is 0 Å². The molecule has 2 rings (SSSR count). The van der Waals surface area contributed by atoms with Crippen LogP contribution in [0.5, 0.6) is 5.75 Å². The van der Waals surface area contributed by atoms with Crippen molar-refractivity contribution in [3.63, 3.8) is 0 Å². The van der Waals surface area contributed by atoms with Gasteiger partial charge < -0.3 is 4.74 Å². The summed E-state index contributed by atoms with van der Waals surface area (Å²) < 4.78 is 5.81. The molecular formula is C14H17NO. The van der Waals surface area contributed by atoms with Gasteiger partial charge in [-0.2, -0.15) is 0 Å². The maximum Gasteiger partial charge on any atom is 0.120 e. The molecule has 0 saturated heterocycles. The van der Waals surface area contributed by atoms with Gasteiger partial charge in [-0.1, -0.05) is 6.07 Å². The number of hydrogen-bond donors (Lipinski definition) is 0. The fraction of sp³-hybridized carbons (Fsp3) is 0.357. The van der Waals surface area contributed by atoms with E-state index in [4.69, 9.17) is 4.74 Å². The summed E-state index contributed by atoms with van der Waals surface area (Å²) in [5, 5.41) is 1.12. The van der Waals surface area contributed by atoms with E-state index in [1.807, 2.05) is 52.0 Å². The molecule has 0 unspecified atom stereocenters. The number of pyridine rings is 1. The minimum Gasteiger partial charge on any atom is -0.488 e. The van der Waals surface area contributed by atoms with Crippen LogP contribution < -0.4 is 4.74 Å². The van der Waals surface area contributed by atoms with Crippen LogP contribution in [0.15, 0.2) is 30.3 Å². The molecular weight excluding hydrogens is 198 g/mol. The molecule has 84 valence electrons. The van der Waals surface area contributed by atoms with Gasteiger partial charge >= 0.3 is 0 Å². The summed E-state index contributed by atoms with van der Waals surface area (Å²) in [6.07, 6.45) is 0. The zero-order chi connectivity index (χ0) is 11.8. The van der Waals surface area contributed by atoms with E-state index in [1.165, 1.54) is 0 Å². The van der Waals surface area contributed by atoms with Crippen LogP contribution in [0, 0.1) is 6.92 Å². The van der Waals surface area contributed by atoms with Crippen molar-refractivity contribution in [2.75, 3.05) is 0 Å². The summed E-state index contributed by atoms with van der Waals surface area (Å²) in [7, 11) is 0. The van der Waals surface area contributed by atoms with Crippen molar-refractivity contribution in [2.45, 2.75) is 33.3 Å². The first kappa shape index (κ1) is 10.9. The van der Waals surface area contributed by atoms with Crippen LogP contribution in [-0.4, -0.2) is 10.6 Å². The lowest BCUT2D eigenvalue weighted by Crippen LogP contribution is -2.22. The van der Waals surface area contributed by atoms with Gasteiger partial charge in [-0.15, -0.1) is 0 Å². The van der Waals surface area contributed by atoms with Crippen molar-refractivity contribution < 1.29 is 4.74 Å². The molecule has 0 saturated carbocycles. The van der Waals surface area contributed by atoms with Crippen molar-refractivity contribution in [3.8, 4) is 5.75 Å². The van der Waals surface area contributed by atoms with Crippen LogP contribution in [0.4, 0.5) is 0 Å². The fourth-order valence-corrected chi connectivity index (χ4v) is 1.62. The van der Waals surface area contributed by atoms with Gasteiger partial charge in [0, 0.05) is 11.1 Å². The number of rotatable bonds is 1. The number of fused-ring (bicyclic) bond motifs is 1. The van der Waals surface area contributed by atoms with Gasteiger partial charge in [-0.25, -0.2) is 0 Å². The smallest absolute Gasteiger partial charge is 0.120 e. The highest BCUT2D eigenvalue weighted by atomic mass is 16.5. The number of nitrogens with zero attached hydrogens (tertiary/aromatic N) is 1. The number of hydrogen-bond acceptors (Lipinski definition) is 2. The van der Waals surface area contributed by atoms with Crippen molar-refractivity contribution in [1.82, 2.24) is 4.98 Å². The third-order valence-electron chi connectivity index (χ3n) is 2.22. The summed E-state index contributed by atoms with van der Waals surface area (Å²) >= 11 is 0. The van der Waals surface area contributed by atoms with E-state index in [0.29, 0.717) is 0 Å². The molecule has 0 N–H and O–H groups in total. The molecule has 0 aliphatic carbocycles. The van der Waals surface area contributed by atoms with Crippen molar-refractivity contribution >= 4 is 10.9 Å². The average Bonchev–Trinajstić information content (AvgIpc) is 2.16. The molecule has 0 spiro atoms. The Kier molecular flexibility index (Phi) is 2.58. The Labute approximate surface area is 96.3 Å². The number of ether oxygens (including phenoxy) is 1. The van der Waals surface area contributed by atoms with Gasteiger partial charge in [0.25, 0.3) is 0 Å². The molecule has 1 aromatic carbocycles. The van der Waals surface area contributed by atoms with Gasteiger partial charge in [0.05, 0.1) is 5.52 Å². The first-order chi connectivity index (χ1) is 7.44. The monoisotopic (exact) mass is 215 g/mol. The molecule has 1 heterocycles. The Morgan fingerprint density at radius 2 is 1.81 bits per heavy atom. The zero-order valence-electron chi connectivity index (χ0n) is 10.2. The third kappa shape index (κ3) is 2.51. The second-order valence-corrected chi connectivity index (χ2v) is 5.02. The number of benzene rings is 1. The van der Waals surface area contributed by atoms with Crippen molar-refractivity contribution in [1.29, 1.82) is 0 Å². The van der Waals surface area contributed by atoms with E-state index < -0.39 is 0 Å². The lowest BCUT2D eigenvalue weighted by atomic mass is 10.1. The van der Waals surface area contributed by atoms with E-state index in [0.717, 1.165) is 22.3 Å². The number of aromatic nitrogens is 1. The lowest BCUT2D eigenvalue weighted by Gasteiger charge is -2.21. The minimum absolute atomic E-state index is 0.161. The van der Waals surface area contributed by atoms with Crippen LogP contribution in [0.1, 0.15) is 26.5 Å². The molecule has 2 nitrogen and oxygen atoms in total. The highest BCUT2D eigenvalue weighted by Gasteiger charge is 2.11. The highest BCUT2D eigenvalue weighted by Crippen LogP contribution is 2.23. The van der Waals surface area contributed by atoms with Gasteiger partial charge in [-0.05, 0) is 52.0 Å². The van der Waals surface area contributed by atoms with Gasteiger partial charge in [-0.3, -0.25) is 4.98 Å². The van der Waals surface area contributed by atoms with Gasteiger partial charge in [0.15, 0.2) is 0 Å². The number of aryl methyl sites for hydroxylation is 1. The first-order valence-corrected chi connectivity index (χ1v) is 5.50. The molecule has 2 heteroatoms. The van der Waals surface area contributed by atoms with E-state index >= 15 is 0 Å². The zero-order valence-corrected chi connectivity index (χ0v) is 10.2. The molecule has 1 aromatic heterocycles. The van der Waals surface area contributed by atoms with Crippen LogP contribution in [0.2, 0.25) is 0 Å². The van der Waals surface area contributed by atoms with Crippen LogP contribution in [0.3, 0.4) is 0 Å². The first-order valence-electron chi connectivity index (χ1n) is 5.50. The highest BCUT2D eigenvalue weighted by molar-refractivity contribution is 5.80. The SMILES string of the molecule is Cc1ccc2cc(OC(C)(C)C)ccc2n1. The topological polar surface area (TPSA) is 22.1 Å². The Hall–Kier alpha value is -1.57. The molecule has 2 aromatic rings. The largest absolute Gasteiger partial charge is 0.488 e. The molecule has 0 amide bonds. The standard InChI is InChI=1S/C14H17NO/c1-10-5-6-11-9-12(16-14(2,3)4)7-8-13(11)15-10/h5-9H,1-4H3. The van der Waals surface area contributed by atoms with E-state index in [2.05, 4.69) is 11.1 Å². The Morgan fingerprint density at radius 3 is 2.50 bits per heavy atom. The van der Waals surface area contributed by atoms with Gasteiger partial charge in [0.2, 0.25) is 0 Å². The second-order valence-electron chi connectivity index (χ2n) is 5.02.